The normalized spacial score (nSPS) is 27.4. The van der Waals surface area contributed by atoms with Crippen LogP contribution in [0.25, 0.3) is 0 Å². The molecule has 98 valence electrons. The maximum Gasteiger partial charge on any atom is 0.252 e. The molecule has 0 amide bonds. The van der Waals surface area contributed by atoms with Crippen LogP contribution in [0.4, 0.5) is 5.82 Å². The fraction of sp³-hybridized carbons (Fsp3) is 0.692. The molecule has 2 unspecified atom stereocenters. The first-order valence-electron chi connectivity index (χ1n) is 6.67. The minimum absolute atomic E-state index is 0.0342. The van der Waals surface area contributed by atoms with Crippen molar-refractivity contribution in [3.8, 4) is 0 Å². The van der Waals surface area contributed by atoms with E-state index in [0.29, 0.717) is 17.2 Å². The quantitative estimate of drug-likeness (QED) is 0.877. The number of aromatic nitrogens is 2. The second-order valence-electron chi connectivity index (χ2n) is 5.25. The van der Waals surface area contributed by atoms with E-state index in [1.165, 1.54) is 19.3 Å². The van der Waals surface area contributed by atoms with Gasteiger partial charge in [-0.05, 0) is 31.9 Å². The van der Waals surface area contributed by atoms with Gasteiger partial charge in [0, 0.05) is 23.3 Å². The molecule has 0 saturated heterocycles. The topological polar surface area (TPSA) is 57.8 Å². The number of nitrogens with one attached hydrogen (secondary N) is 2. The Kier molecular flexibility index (Phi) is 3.33. The maximum atomic E-state index is 11.6. The van der Waals surface area contributed by atoms with Gasteiger partial charge in [0.1, 0.15) is 11.6 Å². The number of hydrogen-bond acceptors (Lipinski definition) is 4. The van der Waals surface area contributed by atoms with Gasteiger partial charge in [-0.3, -0.25) is 4.79 Å². The lowest BCUT2D eigenvalue weighted by molar-refractivity contribution is 0.757. The Hall–Kier alpha value is -0.970. The Bertz CT molecular complexity index is 483. The van der Waals surface area contributed by atoms with E-state index in [4.69, 9.17) is 0 Å². The van der Waals surface area contributed by atoms with Gasteiger partial charge in [0.05, 0.1) is 0 Å². The molecule has 5 heteroatoms. The van der Waals surface area contributed by atoms with Crippen LogP contribution in [-0.2, 0) is 0 Å². The zero-order chi connectivity index (χ0) is 12.5. The summed E-state index contributed by atoms with van der Waals surface area (Å²) >= 11 is 1.91. The molecule has 2 atom stereocenters. The standard InChI is InChI=1S/C13H19N3OS/c1-18-10-4-2-3-9(10)14-11-7-12(17)16-13(15-11)8-5-6-8/h7-10H,2-6H2,1H3,(H2,14,15,16,17). The molecule has 2 aliphatic rings. The van der Waals surface area contributed by atoms with Crippen molar-refractivity contribution in [1.29, 1.82) is 0 Å². The molecule has 2 aliphatic carbocycles. The second kappa shape index (κ2) is 4.96. The van der Waals surface area contributed by atoms with Crippen LogP contribution in [0.15, 0.2) is 10.9 Å². The molecule has 2 fully saturated rings. The third kappa shape index (κ3) is 2.55. The van der Waals surface area contributed by atoms with Gasteiger partial charge in [-0.25, -0.2) is 4.98 Å². The molecule has 3 rings (SSSR count). The summed E-state index contributed by atoms with van der Waals surface area (Å²) in [6, 6.07) is 2.04. The number of anilines is 1. The zero-order valence-electron chi connectivity index (χ0n) is 10.6. The van der Waals surface area contributed by atoms with Gasteiger partial charge in [-0.15, -0.1) is 0 Å². The molecule has 0 radical (unpaired) electrons. The Morgan fingerprint density at radius 2 is 2.22 bits per heavy atom. The fourth-order valence-electron chi connectivity index (χ4n) is 2.66. The van der Waals surface area contributed by atoms with Crippen LogP contribution in [0.5, 0.6) is 0 Å². The Morgan fingerprint density at radius 3 is 2.94 bits per heavy atom. The van der Waals surface area contributed by atoms with Crippen molar-refractivity contribution < 1.29 is 0 Å². The third-order valence-electron chi connectivity index (χ3n) is 3.81. The number of aromatic amines is 1. The van der Waals surface area contributed by atoms with E-state index in [1.54, 1.807) is 6.07 Å². The van der Waals surface area contributed by atoms with E-state index >= 15 is 0 Å². The van der Waals surface area contributed by atoms with Gasteiger partial charge in [0.2, 0.25) is 0 Å². The van der Waals surface area contributed by atoms with E-state index in [0.717, 1.165) is 24.5 Å². The molecule has 4 nitrogen and oxygen atoms in total. The van der Waals surface area contributed by atoms with Crippen LogP contribution >= 0.6 is 11.8 Å². The summed E-state index contributed by atoms with van der Waals surface area (Å²) in [6.45, 7) is 0. The number of thioether (sulfide) groups is 1. The lowest BCUT2D eigenvalue weighted by Crippen LogP contribution is -2.27. The van der Waals surface area contributed by atoms with Crippen LogP contribution < -0.4 is 10.9 Å². The summed E-state index contributed by atoms with van der Waals surface area (Å²) < 4.78 is 0. The summed E-state index contributed by atoms with van der Waals surface area (Å²) in [6.07, 6.45) is 8.18. The molecule has 0 aliphatic heterocycles. The van der Waals surface area contributed by atoms with Gasteiger partial charge in [-0.2, -0.15) is 11.8 Å². The van der Waals surface area contributed by atoms with Gasteiger partial charge >= 0.3 is 0 Å². The molecule has 0 bridgehead atoms. The average molecular weight is 265 g/mol. The molecular formula is C13H19N3OS. The van der Waals surface area contributed by atoms with Crippen molar-refractivity contribution in [2.24, 2.45) is 0 Å². The molecule has 0 aromatic carbocycles. The summed E-state index contributed by atoms with van der Waals surface area (Å²) in [5.41, 5.74) is -0.0342. The van der Waals surface area contributed by atoms with Crippen LogP contribution in [0.1, 0.15) is 43.8 Å². The van der Waals surface area contributed by atoms with Crippen LogP contribution in [0.2, 0.25) is 0 Å². The van der Waals surface area contributed by atoms with E-state index < -0.39 is 0 Å². The van der Waals surface area contributed by atoms with Crippen molar-refractivity contribution in [3.63, 3.8) is 0 Å². The van der Waals surface area contributed by atoms with Crippen molar-refractivity contribution in [3.05, 3.63) is 22.2 Å². The minimum Gasteiger partial charge on any atom is -0.366 e. The molecule has 1 aromatic rings. The van der Waals surface area contributed by atoms with Crippen molar-refractivity contribution in [1.82, 2.24) is 9.97 Å². The molecule has 2 N–H and O–H groups in total. The first kappa shape index (κ1) is 12.1. The number of nitrogens with zero attached hydrogens (tertiary/aromatic N) is 1. The molecular weight excluding hydrogens is 246 g/mol. The van der Waals surface area contributed by atoms with Crippen molar-refractivity contribution in [2.45, 2.75) is 49.3 Å². The smallest absolute Gasteiger partial charge is 0.252 e. The molecule has 1 aromatic heterocycles. The Morgan fingerprint density at radius 1 is 1.39 bits per heavy atom. The van der Waals surface area contributed by atoms with Gasteiger partial charge in [0.15, 0.2) is 0 Å². The average Bonchev–Trinajstić information content (AvgIpc) is 3.10. The molecule has 1 heterocycles. The van der Waals surface area contributed by atoms with Gasteiger partial charge < -0.3 is 10.3 Å². The highest BCUT2D eigenvalue weighted by atomic mass is 32.2. The summed E-state index contributed by atoms with van der Waals surface area (Å²) in [7, 11) is 0. The number of rotatable bonds is 4. The monoisotopic (exact) mass is 265 g/mol. The minimum atomic E-state index is -0.0342. The predicted molar refractivity (Wildman–Crippen MR) is 75.4 cm³/mol. The predicted octanol–water partition coefficient (Wildman–Crippen LogP) is 2.34. The largest absolute Gasteiger partial charge is 0.366 e. The van der Waals surface area contributed by atoms with Crippen molar-refractivity contribution in [2.75, 3.05) is 11.6 Å². The number of hydrogen-bond donors (Lipinski definition) is 2. The third-order valence-corrected chi connectivity index (χ3v) is 4.98. The molecule has 0 spiro atoms. The van der Waals surface area contributed by atoms with Crippen molar-refractivity contribution >= 4 is 17.6 Å². The zero-order valence-corrected chi connectivity index (χ0v) is 11.4. The Labute approximate surface area is 111 Å². The second-order valence-corrected chi connectivity index (χ2v) is 6.32. The summed E-state index contributed by atoms with van der Waals surface area (Å²) in [5.74, 6) is 2.11. The SMILES string of the molecule is CSC1CCCC1Nc1cc(=O)[nH]c(C2CC2)n1. The summed E-state index contributed by atoms with van der Waals surface area (Å²) in [5, 5.41) is 4.10. The van der Waals surface area contributed by atoms with E-state index in [1.807, 2.05) is 11.8 Å². The highest BCUT2D eigenvalue weighted by Crippen LogP contribution is 2.38. The lowest BCUT2D eigenvalue weighted by atomic mass is 10.2. The van der Waals surface area contributed by atoms with E-state index in [-0.39, 0.29) is 5.56 Å². The first-order valence-corrected chi connectivity index (χ1v) is 7.95. The molecule has 2 saturated carbocycles. The van der Waals surface area contributed by atoms with E-state index in [9.17, 15) is 4.79 Å². The van der Waals surface area contributed by atoms with Gasteiger partial charge in [0.25, 0.3) is 5.56 Å². The van der Waals surface area contributed by atoms with E-state index in [2.05, 4.69) is 21.5 Å². The first-order chi connectivity index (χ1) is 8.76. The fourth-order valence-corrected chi connectivity index (χ4v) is 3.60. The highest BCUT2D eigenvalue weighted by Gasteiger charge is 2.29. The van der Waals surface area contributed by atoms with Crippen LogP contribution in [-0.4, -0.2) is 27.5 Å². The van der Waals surface area contributed by atoms with Crippen LogP contribution in [0, 0.1) is 0 Å². The van der Waals surface area contributed by atoms with Crippen LogP contribution in [0.3, 0.4) is 0 Å². The van der Waals surface area contributed by atoms with Gasteiger partial charge in [-0.1, -0.05) is 6.42 Å². The lowest BCUT2D eigenvalue weighted by Gasteiger charge is -2.19. The number of H-pyrrole nitrogens is 1. The summed E-state index contributed by atoms with van der Waals surface area (Å²) in [4.78, 5) is 19.0. The highest BCUT2D eigenvalue weighted by molar-refractivity contribution is 7.99. The Balaban J connectivity index is 1.77. The maximum absolute atomic E-state index is 11.6. The molecule has 18 heavy (non-hydrogen) atoms.